The molecule has 0 spiro atoms. The summed E-state index contributed by atoms with van der Waals surface area (Å²) in [5, 5.41) is 0.878. The van der Waals surface area contributed by atoms with Crippen LogP contribution in [0.2, 0.25) is 0 Å². The number of carbonyl (C=O) groups excluding carboxylic acids is 1. The fraction of sp³-hybridized carbons (Fsp3) is 0.231. The number of hydrogen-bond donors (Lipinski definition) is 1. The Morgan fingerprint density at radius 1 is 1.41 bits per heavy atom. The summed E-state index contributed by atoms with van der Waals surface area (Å²) in [6.45, 7) is 2.57. The summed E-state index contributed by atoms with van der Waals surface area (Å²) in [6.07, 6.45) is 0. The quantitative estimate of drug-likeness (QED) is 0.855. The lowest BCUT2D eigenvalue weighted by Gasteiger charge is -2.14. The van der Waals surface area contributed by atoms with E-state index in [2.05, 4.69) is 4.98 Å². The van der Waals surface area contributed by atoms with Crippen molar-refractivity contribution in [1.82, 2.24) is 9.88 Å². The minimum absolute atomic E-state index is 0.107. The molecule has 4 nitrogen and oxygen atoms in total. The molecule has 0 aliphatic rings. The van der Waals surface area contributed by atoms with Crippen LogP contribution in [0.15, 0.2) is 30.3 Å². The molecule has 1 amide bonds. The van der Waals surface area contributed by atoms with E-state index >= 15 is 0 Å². The molecule has 0 aliphatic heterocycles. The molecule has 0 atom stereocenters. The van der Waals surface area contributed by atoms with E-state index in [1.165, 1.54) is 0 Å². The second-order valence-electron chi connectivity index (χ2n) is 3.93. The van der Waals surface area contributed by atoms with Gasteiger partial charge in [-0.3, -0.25) is 4.79 Å². The third kappa shape index (κ3) is 2.06. The van der Waals surface area contributed by atoms with Crippen LogP contribution >= 0.6 is 0 Å². The first kappa shape index (κ1) is 11.4. The number of nitrogens with two attached hydrogens (primary N) is 1. The molecule has 2 aromatic rings. The number of pyridine rings is 1. The van der Waals surface area contributed by atoms with E-state index in [0.29, 0.717) is 17.9 Å². The first-order chi connectivity index (χ1) is 8.13. The Bertz CT molecular complexity index is 566. The number of aromatic nitrogens is 1. The van der Waals surface area contributed by atoms with E-state index in [9.17, 15) is 4.79 Å². The maximum Gasteiger partial charge on any atom is 0.272 e. The molecule has 0 saturated heterocycles. The van der Waals surface area contributed by atoms with Gasteiger partial charge >= 0.3 is 0 Å². The van der Waals surface area contributed by atoms with Crippen molar-refractivity contribution in [1.29, 1.82) is 0 Å². The van der Waals surface area contributed by atoms with Crippen molar-refractivity contribution in [2.75, 3.05) is 19.3 Å². The average molecular weight is 229 g/mol. The molecular formula is C13H15N3O. The van der Waals surface area contributed by atoms with Gasteiger partial charge < -0.3 is 10.6 Å². The number of amides is 1. The largest absolute Gasteiger partial charge is 0.398 e. The molecule has 2 rings (SSSR count). The first-order valence-corrected chi connectivity index (χ1v) is 5.54. The zero-order chi connectivity index (χ0) is 12.4. The zero-order valence-electron chi connectivity index (χ0n) is 9.97. The fourth-order valence-corrected chi connectivity index (χ4v) is 1.65. The van der Waals surface area contributed by atoms with E-state index < -0.39 is 0 Å². The summed E-state index contributed by atoms with van der Waals surface area (Å²) in [4.78, 5) is 17.9. The Morgan fingerprint density at radius 2 is 2.12 bits per heavy atom. The van der Waals surface area contributed by atoms with E-state index in [-0.39, 0.29) is 5.91 Å². The third-order valence-electron chi connectivity index (χ3n) is 2.79. The van der Waals surface area contributed by atoms with Gasteiger partial charge in [0, 0.05) is 24.7 Å². The van der Waals surface area contributed by atoms with Gasteiger partial charge in [-0.05, 0) is 19.1 Å². The van der Waals surface area contributed by atoms with Gasteiger partial charge in [0.2, 0.25) is 0 Å². The molecule has 17 heavy (non-hydrogen) atoms. The zero-order valence-corrected chi connectivity index (χ0v) is 9.97. The minimum atomic E-state index is -0.107. The van der Waals surface area contributed by atoms with Crippen LogP contribution in [0.4, 0.5) is 5.69 Å². The van der Waals surface area contributed by atoms with Gasteiger partial charge in [-0.1, -0.05) is 18.2 Å². The van der Waals surface area contributed by atoms with Gasteiger partial charge in [-0.25, -0.2) is 4.98 Å². The molecule has 4 heteroatoms. The van der Waals surface area contributed by atoms with E-state index in [1.54, 1.807) is 18.0 Å². The molecule has 1 aromatic carbocycles. The van der Waals surface area contributed by atoms with Crippen molar-refractivity contribution in [3.8, 4) is 0 Å². The van der Waals surface area contributed by atoms with Crippen LogP contribution in [0.1, 0.15) is 17.4 Å². The van der Waals surface area contributed by atoms with E-state index in [0.717, 1.165) is 10.9 Å². The number of nitrogen functional groups attached to an aromatic ring is 1. The van der Waals surface area contributed by atoms with Gasteiger partial charge in [-0.15, -0.1) is 0 Å². The fourth-order valence-electron chi connectivity index (χ4n) is 1.65. The summed E-state index contributed by atoms with van der Waals surface area (Å²) < 4.78 is 0. The number of hydrogen-bond acceptors (Lipinski definition) is 3. The highest BCUT2D eigenvalue weighted by Crippen LogP contribution is 2.20. The van der Waals surface area contributed by atoms with Crippen LogP contribution in [-0.2, 0) is 0 Å². The normalized spacial score (nSPS) is 10.5. The van der Waals surface area contributed by atoms with Gasteiger partial charge in [0.1, 0.15) is 5.69 Å². The highest BCUT2D eigenvalue weighted by molar-refractivity contribution is 5.99. The van der Waals surface area contributed by atoms with Crippen LogP contribution in [-0.4, -0.2) is 29.4 Å². The summed E-state index contributed by atoms with van der Waals surface area (Å²) in [5.74, 6) is -0.107. The predicted molar refractivity (Wildman–Crippen MR) is 68.8 cm³/mol. The lowest BCUT2D eigenvalue weighted by atomic mass is 10.1. The Kier molecular flexibility index (Phi) is 2.95. The molecule has 1 heterocycles. The molecule has 0 aliphatic carbocycles. The molecule has 0 saturated carbocycles. The molecule has 0 bridgehead atoms. The van der Waals surface area contributed by atoms with E-state index in [1.807, 2.05) is 31.2 Å². The molecule has 1 aromatic heterocycles. The molecule has 0 radical (unpaired) electrons. The summed E-state index contributed by atoms with van der Waals surface area (Å²) >= 11 is 0. The van der Waals surface area contributed by atoms with Crippen LogP contribution in [0, 0.1) is 0 Å². The molecule has 88 valence electrons. The van der Waals surface area contributed by atoms with Crippen LogP contribution in [0.3, 0.4) is 0 Å². The highest BCUT2D eigenvalue weighted by atomic mass is 16.2. The summed E-state index contributed by atoms with van der Waals surface area (Å²) in [6, 6.07) is 9.17. The van der Waals surface area contributed by atoms with Crippen LogP contribution < -0.4 is 5.73 Å². The van der Waals surface area contributed by atoms with Crippen molar-refractivity contribution in [2.24, 2.45) is 0 Å². The number of nitrogens with zero attached hydrogens (tertiary/aromatic N) is 2. The molecule has 0 unspecified atom stereocenters. The SMILES string of the molecule is CCN(C)C(=O)c1cc(N)c2ccccc2n1. The van der Waals surface area contributed by atoms with E-state index in [4.69, 9.17) is 5.73 Å². The Labute approximate surface area is 100 Å². The first-order valence-electron chi connectivity index (χ1n) is 5.54. The Hall–Kier alpha value is -2.10. The average Bonchev–Trinajstić information content (AvgIpc) is 2.37. The monoisotopic (exact) mass is 229 g/mol. The van der Waals surface area contributed by atoms with Gasteiger partial charge in [0.25, 0.3) is 5.91 Å². The van der Waals surface area contributed by atoms with Crippen molar-refractivity contribution in [2.45, 2.75) is 6.92 Å². The highest BCUT2D eigenvalue weighted by Gasteiger charge is 2.13. The van der Waals surface area contributed by atoms with Gasteiger partial charge in [-0.2, -0.15) is 0 Å². The maximum absolute atomic E-state index is 12.0. The smallest absolute Gasteiger partial charge is 0.272 e. The van der Waals surface area contributed by atoms with Gasteiger partial charge in [0.05, 0.1) is 5.52 Å². The standard InChI is InChI=1S/C13H15N3O/c1-3-16(2)13(17)12-8-10(14)9-6-4-5-7-11(9)15-12/h4-8H,3H2,1-2H3,(H2,14,15). The number of fused-ring (bicyclic) bond motifs is 1. The number of anilines is 1. The van der Waals surface area contributed by atoms with Crippen molar-refractivity contribution in [3.63, 3.8) is 0 Å². The van der Waals surface area contributed by atoms with Crippen molar-refractivity contribution >= 4 is 22.5 Å². The maximum atomic E-state index is 12.0. The molecule has 0 fully saturated rings. The number of carbonyl (C=O) groups is 1. The number of benzene rings is 1. The van der Waals surface area contributed by atoms with Crippen LogP contribution in [0.5, 0.6) is 0 Å². The summed E-state index contributed by atoms with van der Waals surface area (Å²) in [5.41, 5.74) is 7.66. The number of rotatable bonds is 2. The lowest BCUT2D eigenvalue weighted by molar-refractivity contribution is 0.0797. The van der Waals surface area contributed by atoms with Crippen LogP contribution in [0.25, 0.3) is 10.9 Å². The lowest BCUT2D eigenvalue weighted by Crippen LogP contribution is -2.27. The topological polar surface area (TPSA) is 59.2 Å². The second kappa shape index (κ2) is 4.41. The Balaban J connectivity index is 2.54. The summed E-state index contributed by atoms with van der Waals surface area (Å²) in [7, 11) is 1.75. The van der Waals surface area contributed by atoms with Gasteiger partial charge in [0.15, 0.2) is 0 Å². The molecule has 2 N–H and O–H groups in total. The number of para-hydroxylation sites is 1. The predicted octanol–water partition coefficient (Wildman–Crippen LogP) is 1.91. The second-order valence-corrected chi connectivity index (χ2v) is 3.93. The third-order valence-corrected chi connectivity index (χ3v) is 2.79. The Morgan fingerprint density at radius 3 is 2.82 bits per heavy atom. The molecular weight excluding hydrogens is 214 g/mol. The van der Waals surface area contributed by atoms with Crippen molar-refractivity contribution < 1.29 is 4.79 Å². The minimum Gasteiger partial charge on any atom is -0.398 e. The van der Waals surface area contributed by atoms with Crippen molar-refractivity contribution in [3.05, 3.63) is 36.0 Å².